The first-order valence-corrected chi connectivity index (χ1v) is 19.7. The summed E-state index contributed by atoms with van der Waals surface area (Å²) in [5, 5.41) is 9.77. The third-order valence-corrected chi connectivity index (χ3v) is 9.69. The van der Waals surface area contributed by atoms with Gasteiger partial charge in [-0.1, -0.05) is 194 Å². The third-order valence-electron chi connectivity index (χ3n) is 9.69. The fourth-order valence-corrected chi connectivity index (χ4v) is 6.37. The van der Waals surface area contributed by atoms with Crippen LogP contribution in [0.5, 0.6) is 0 Å². The van der Waals surface area contributed by atoms with Crippen molar-refractivity contribution < 1.29 is 19.5 Å². The number of Topliss-reactive ketones (excluding diaryl/α,β-unsaturated/α-hetero) is 2. The lowest BCUT2D eigenvalue weighted by molar-refractivity contribution is -0.151. The summed E-state index contributed by atoms with van der Waals surface area (Å²) >= 11 is 0. The molecule has 0 aromatic rings. The SMILES string of the molecule is CCCCCCCCCCCCCCCCCC(=O)C(N)C(N)(C(=O)O)C(=O)CCCCCCCCCCCCCCCCC. The van der Waals surface area contributed by atoms with Crippen LogP contribution in [0.3, 0.4) is 0 Å². The van der Waals surface area contributed by atoms with Crippen LogP contribution in [0.4, 0.5) is 0 Å². The fraction of sp³-hybridized carbons (Fsp3) is 0.923. The molecule has 5 N–H and O–H groups in total. The van der Waals surface area contributed by atoms with Gasteiger partial charge in [-0.3, -0.25) is 9.59 Å². The molecular formula is C39H76N2O4. The Bertz CT molecular complexity index is 713. The van der Waals surface area contributed by atoms with Crippen LogP contribution in [0.1, 0.15) is 219 Å². The lowest BCUT2D eigenvalue weighted by Gasteiger charge is -2.28. The Kier molecular flexibility index (Phi) is 30.5. The minimum absolute atomic E-state index is 0.0565. The summed E-state index contributed by atoms with van der Waals surface area (Å²) in [7, 11) is 0. The van der Waals surface area contributed by atoms with Crippen molar-refractivity contribution in [2.24, 2.45) is 11.5 Å². The minimum atomic E-state index is -2.33. The maximum absolute atomic E-state index is 12.9. The standard InChI is InChI=1S/C39H76N2O4/c1-3-5-7-9-11-13-15-17-19-21-23-25-27-29-31-33-35(42)37(40)39(41,38(44)45)36(43)34-32-30-28-26-24-22-20-18-16-14-12-10-8-6-4-2/h37H,3-34,40-41H2,1-2H3,(H,44,45). The zero-order valence-corrected chi connectivity index (χ0v) is 30.0. The van der Waals surface area contributed by atoms with Crippen molar-refractivity contribution in [1.29, 1.82) is 0 Å². The Balaban J connectivity index is 3.93. The molecular weight excluding hydrogens is 560 g/mol. The maximum Gasteiger partial charge on any atom is 0.333 e. The smallest absolute Gasteiger partial charge is 0.333 e. The Morgan fingerprint density at radius 3 is 0.978 bits per heavy atom. The van der Waals surface area contributed by atoms with Gasteiger partial charge in [0.2, 0.25) is 0 Å². The molecule has 2 unspecified atom stereocenters. The quantitative estimate of drug-likeness (QED) is 0.0464. The highest BCUT2D eigenvalue weighted by Gasteiger charge is 2.49. The molecule has 0 radical (unpaired) electrons. The van der Waals surface area contributed by atoms with E-state index in [4.69, 9.17) is 11.5 Å². The zero-order chi connectivity index (χ0) is 33.4. The van der Waals surface area contributed by atoms with Crippen molar-refractivity contribution in [1.82, 2.24) is 0 Å². The highest BCUT2D eigenvalue weighted by Crippen LogP contribution is 2.19. The molecule has 0 fully saturated rings. The predicted molar refractivity (Wildman–Crippen MR) is 192 cm³/mol. The minimum Gasteiger partial charge on any atom is -0.479 e. The number of hydrogen-bond donors (Lipinski definition) is 3. The van der Waals surface area contributed by atoms with E-state index in [9.17, 15) is 19.5 Å². The van der Waals surface area contributed by atoms with E-state index in [-0.39, 0.29) is 12.8 Å². The number of carboxylic acid groups (broad SMARTS) is 1. The number of rotatable bonds is 36. The van der Waals surface area contributed by atoms with Crippen molar-refractivity contribution in [3.63, 3.8) is 0 Å². The lowest BCUT2D eigenvalue weighted by Crippen LogP contribution is -2.68. The van der Waals surface area contributed by atoms with E-state index in [1.54, 1.807) is 0 Å². The van der Waals surface area contributed by atoms with Gasteiger partial charge in [-0.15, -0.1) is 0 Å². The molecule has 0 heterocycles. The molecule has 45 heavy (non-hydrogen) atoms. The number of carbonyl (C=O) groups excluding carboxylic acids is 2. The summed E-state index contributed by atoms with van der Waals surface area (Å²) in [6.07, 6.45) is 37.0. The van der Waals surface area contributed by atoms with Gasteiger partial charge >= 0.3 is 5.97 Å². The first-order valence-electron chi connectivity index (χ1n) is 19.7. The van der Waals surface area contributed by atoms with Crippen LogP contribution in [0.2, 0.25) is 0 Å². The summed E-state index contributed by atoms with van der Waals surface area (Å²) < 4.78 is 0. The first-order chi connectivity index (χ1) is 21.8. The Morgan fingerprint density at radius 2 is 0.711 bits per heavy atom. The maximum atomic E-state index is 12.9. The van der Waals surface area contributed by atoms with Crippen LogP contribution >= 0.6 is 0 Å². The Hall–Kier alpha value is -1.27. The number of ketones is 2. The van der Waals surface area contributed by atoms with Gasteiger partial charge in [-0.05, 0) is 12.8 Å². The highest BCUT2D eigenvalue weighted by atomic mass is 16.4. The summed E-state index contributed by atoms with van der Waals surface area (Å²) in [5.74, 6) is -2.53. The van der Waals surface area contributed by atoms with Gasteiger partial charge in [0, 0.05) is 12.8 Å². The number of unbranched alkanes of at least 4 members (excludes halogenated alkanes) is 28. The van der Waals surface area contributed by atoms with Crippen LogP contribution < -0.4 is 11.5 Å². The van der Waals surface area contributed by atoms with E-state index in [1.807, 2.05) is 0 Å². The van der Waals surface area contributed by atoms with Gasteiger partial charge < -0.3 is 16.6 Å². The molecule has 0 spiro atoms. The molecule has 2 atom stereocenters. The van der Waals surface area contributed by atoms with Crippen LogP contribution in [-0.4, -0.2) is 34.2 Å². The molecule has 0 aromatic heterocycles. The van der Waals surface area contributed by atoms with Crippen molar-refractivity contribution in [3.8, 4) is 0 Å². The van der Waals surface area contributed by atoms with E-state index in [0.717, 1.165) is 38.5 Å². The first kappa shape index (κ1) is 43.7. The van der Waals surface area contributed by atoms with Gasteiger partial charge in [0.15, 0.2) is 17.1 Å². The molecule has 0 rings (SSSR count). The molecule has 6 heteroatoms. The molecule has 0 aliphatic heterocycles. The van der Waals surface area contributed by atoms with Crippen molar-refractivity contribution in [3.05, 3.63) is 0 Å². The van der Waals surface area contributed by atoms with Crippen LogP contribution in [-0.2, 0) is 14.4 Å². The van der Waals surface area contributed by atoms with Crippen LogP contribution in [0, 0.1) is 0 Å². The van der Waals surface area contributed by atoms with Gasteiger partial charge in [0.25, 0.3) is 0 Å². The van der Waals surface area contributed by atoms with Gasteiger partial charge in [0.1, 0.15) is 6.04 Å². The van der Waals surface area contributed by atoms with E-state index < -0.39 is 29.1 Å². The Morgan fingerprint density at radius 1 is 0.467 bits per heavy atom. The monoisotopic (exact) mass is 637 g/mol. The largest absolute Gasteiger partial charge is 0.479 e. The summed E-state index contributed by atoms with van der Waals surface area (Å²) in [4.78, 5) is 37.6. The average Bonchev–Trinajstić information content (AvgIpc) is 3.03. The zero-order valence-electron chi connectivity index (χ0n) is 30.0. The molecule has 0 aliphatic carbocycles. The summed E-state index contributed by atoms with van der Waals surface area (Å²) in [5.41, 5.74) is 9.76. The van der Waals surface area contributed by atoms with Gasteiger partial charge in [0.05, 0.1) is 0 Å². The Labute approximate surface area is 279 Å². The van der Waals surface area contributed by atoms with Crippen molar-refractivity contribution in [2.75, 3.05) is 0 Å². The van der Waals surface area contributed by atoms with Gasteiger partial charge in [-0.2, -0.15) is 0 Å². The van der Waals surface area contributed by atoms with Crippen LogP contribution in [0.15, 0.2) is 0 Å². The number of carboxylic acids is 1. The topological polar surface area (TPSA) is 123 Å². The normalized spacial score (nSPS) is 13.5. The van der Waals surface area contributed by atoms with Crippen molar-refractivity contribution in [2.45, 2.75) is 231 Å². The van der Waals surface area contributed by atoms with Gasteiger partial charge in [-0.25, -0.2) is 4.79 Å². The number of nitrogens with two attached hydrogens (primary N) is 2. The molecule has 0 saturated heterocycles. The molecule has 0 saturated carbocycles. The molecule has 0 aromatic carbocycles. The summed E-state index contributed by atoms with van der Waals surface area (Å²) in [6.45, 7) is 4.51. The molecule has 0 amide bonds. The van der Waals surface area contributed by atoms with Crippen molar-refractivity contribution >= 4 is 17.5 Å². The van der Waals surface area contributed by atoms with E-state index in [0.29, 0.717) is 12.8 Å². The van der Waals surface area contributed by atoms with E-state index >= 15 is 0 Å². The predicted octanol–water partition coefficient (Wildman–Crippen LogP) is 10.8. The molecule has 0 bridgehead atoms. The van der Waals surface area contributed by atoms with Crippen LogP contribution in [0.25, 0.3) is 0 Å². The number of carbonyl (C=O) groups is 3. The third kappa shape index (κ3) is 23.7. The second-order valence-electron chi connectivity index (χ2n) is 13.9. The second-order valence-corrected chi connectivity index (χ2v) is 13.9. The summed E-state index contributed by atoms with van der Waals surface area (Å²) in [6, 6.07) is -1.49. The lowest BCUT2D eigenvalue weighted by atomic mass is 9.81. The van der Waals surface area contributed by atoms with E-state index in [2.05, 4.69) is 13.8 Å². The molecule has 6 nitrogen and oxygen atoms in total. The average molecular weight is 637 g/mol. The van der Waals surface area contributed by atoms with E-state index in [1.165, 1.54) is 141 Å². The molecule has 266 valence electrons. The molecule has 0 aliphatic rings. The highest BCUT2D eigenvalue weighted by molar-refractivity contribution is 6.12. The fourth-order valence-electron chi connectivity index (χ4n) is 6.37. The number of hydrogen-bond acceptors (Lipinski definition) is 5. The second kappa shape index (κ2) is 31.3. The number of aliphatic carboxylic acids is 1.